The van der Waals surface area contributed by atoms with Gasteiger partial charge >= 0.3 is 0 Å². The Kier molecular flexibility index (Phi) is 3.63. The summed E-state index contributed by atoms with van der Waals surface area (Å²) in [6, 6.07) is 10.7. The number of halogens is 1. The van der Waals surface area contributed by atoms with Crippen LogP contribution in [0.2, 0.25) is 0 Å². The zero-order chi connectivity index (χ0) is 9.80. The molecule has 1 saturated carbocycles. The van der Waals surface area contributed by atoms with Crippen LogP contribution in [0.25, 0.3) is 0 Å². The van der Waals surface area contributed by atoms with Gasteiger partial charge in [0.15, 0.2) is 0 Å². The Morgan fingerprint density at radius 3 is 2.50 bits per heavy atom. The molecule has 1 aliphatic carbocycles. The summed E-state index contributed by atoms with van der Waals surface area (Å²) in [4.78, 5) is 0.560. The minimum Gasteiger partial charge on any atom is -0.0839 e. The van der Waals surface area contributed by atoms with E-state index in [9.17, 15) is 0 Å². The van der Waals surface area contributed by atoms with Crippen molar-refractivity contribution in [3.63, 3.8) is 0 Å². The van der Waals surface area contributed by atoms with E-state index in [0.717, 1.165) is 5.92 Å². The summed E-state index contributed by atoms with van der Waals surface area (Å²) in [7, 11) is 0. The van der Waals surface area contributed by atoms with Gasteiger partial charge in [0.2, 0.25) is 0 Å². The number of hydrogen-bond acceptors (Lipinski definition) is 0. The molecule has 2 rings (SSSR count). The highest BCUT2D eigenvalue weighted by molar-refractivity contribution is 9.09. The van der Waals surface area contributed by atoms with Crippen LogP contribution in [0.4, 0.5) is 0 Å². The molecule has 0 heterocycles. The topological polar surface area (TPSA) is 0 Å². The standard InChI is InChI=1S/C13H17Br/c14-13(10-9-11-5-4-6-11)12-7-2-1-3-8-12/h1-3,7-8,11,13H,4-6,9-10H2. The van der Waals surface area contributed by atoms with Gasteiger partial charge < -0.3 is 0 Å². The second-order valence-corrected chi connectivity index (χ2v) is 5.36. The van der Waals surface area contributed by atoms with E-state index in [1.165, 1.54) is 37.7 Å². The van der Waals surface area contributed by atoms with Crippen LogP contribution in [0.1, 0.15) is 42.5 Å². The van der Waals surface area contributed by atoms with Crippen LogP contribution in [0.3, 0.4) is 0 Å². The average molecular weight is 253 g/mol. The molecule has 0 bridgehead atoms. The molecule has 76 valence electrons. The van der Waals surface area contributed by atoms with E-state index < -0.39 is 0 Å². The number of benzene rings is 1. The smallest absolute Gasteiger partial charge is 0.0395 e. The van der Waals surface area contributed by atoms with Gasteiger partial charge in [-0.25, -0.2) is 0 Å². The molecule has 1 heteroatoms. The van der Waals surface area contributed by atoms with Crippen molar-refractivity contribution in [3.8, 4) is 0 Å². The van der Waals surface area contributed by atoms with Crippen molar-refractivity contribution >= 4 is 15.9 Å². The van der Waals surface area contributed by atoms with Crippen LogP contribution in [-0.4, -0.2) is 0 Å². The van der Waals surface area contributed by atoms with Gasteiger partial charge in [-0.15, -0.1) is 0 Å². The number of rotatable bonds is 4. The van der Waals surface area contributed by atoms with Crippen molar-refractivity contribution in [2.45, 2.75) is 36.9 Å². The van der Waals surface area contributed by atoms with E-state index in [1.54, 1.807) is 0 Å². The van der Waals surface area contributed by atoms with Crippen LogP contribution < -0.4 is 0 Å². The average Bonchev–Trinajstić information content (AvgIpc) is 2.16. The van der Waals surface area contributed by atoms with Gasteiger partial charge in [-0.05, 0) is 24.3 Å². The maximum Gasteiger partial charge on any atom is 0.0395 e. The highest BCUT2D eigenvalue weighted by Crippen LogP contribution is 2.35. The van der Waals surface area contributed by atoms with E-state index in [4.69, 9.17) is 0 Å². The van der Waals surface area contributed by atoms with Crippen molar-refractivity contribution in [3.05, 3.63) is 35.9 Å². The summed E-state index contributed by atoms with van der Waals surface area (Å²) >= 11 is 3.77. The Balaban J connectivity index is 1.80. The molecule has 1 atom stereocenters. The van der Waals surface area contributed by atoms with Gasteiger partial charge in [0, 0.05) is 4.83 Å². The Labute approximate surface area is 94.8 Å². The first kappa shape index (κ1) is 10.2. The Morgan fingerprint density at radius 1 is 1.21 bits per heavy atom. The van der Waals surface area contributed by atoms with Crippen LogP contribution in [-0.2, 0) is 0 Å². The van der Waals surface area contributed by atoms with Crippen molar-refractivity contribution in [1.29, 1.82) is 0 Å². The van der Waals surface area contributed by atoms with Crippen LogP contribution in [0, 0.1) is 5.92 Å². The lowest BCUT2D eigenvalue weighted by Crippen LogP contribution is -2.11. The molecule has 1 aliphatic rings. The zero-order valence-electron chi connectivity index (χ0n) is 8.45. The Bertz CT molecular complexity index is 264. The number of alkyl halides is 1. The maximum absolute atomic E-state index is 3.77. The van der Waals surface area contributed by atoms with Crippen LogP contribution in [0.5, 0.6) is 0 Å². The van der Waals surface area contributed by atoms with Gasteiger partial charge in [0.1, 0.15) is 0 Å². The molecule has 1 unspecified atom stereocenters. The molecule has 0 radical (unpaired) electrons. The maximum atomic E-state index is 3.77. The molecule has 0 aliphatic heterocycles. The third kappa shape index (κ3) is 2.60. The normalized spacial score (nSPS) is 18.9. The lowest BCUT2D eigenvalue weighted by Gasteiger charge is -2.26. The summed E-state index contributed by atoms with van der Waals surface area (Å²) in [5, 5.41) is 0. The van der Waals surface area contributed by atoms with E-state index in [-0.39, 0.29) is 0 Å². The van der Waals surface area contributed by atoms with Gasteiger partial charge in [-0.2, -0.15) is 0 Å². The van der Waals surface area contributed by atoms with Crippen molar-refractivity contribution in [2.75, 3.05) is 0 Å². The third-order valence-electron chi connectivity index (χ3n) is 3.21. The lowest BCUT2D eigenvalue weighted by molar-refractivity contribution is 0.290. The van der Waals surface area contributed by atoms with Crippen molar-refractivity contribution in [1.82, 2.24) is 0 Å². The fourth-order valence-corrected chi connectivity index (χ4v) is 2.56. The molecule has 1 aromatic carbocycles. The van der Waals surface area contributed by atoms with E-state index in [1.807, 2.05) is 0 Å². The summed E-state index contributed by atoms with van der Waals surface area (Å²) in [6.07, 6.45) is 7.07. The molecule has 0 spiro atoms. The summed E-state index contributed by atoms with van der Waals surface area (Å²) in [6.45, 7) is 0. The lowest BCUT2D eigenvalue weighted by atomic mass is 9.81. The first-order valence-corrected chi connectivity index (χ1v) is 6.47. The van der Waals surface area contributed by atoms with E-state index >= 15 is 0 Å². The molecule has 1 fully saturated rings. The monoisotopic (exact) mass is 252 g/mol. The molecular formula is C13H17Br. The largest absolute Gasteiger partial charge is 0.0839 e. The molecule has 0 aromatic heterocycles. The van der Waals surface area contributed by atoms with E-state index in [2.05, 4.69) is 46.3 Å². The summed E-state index contributed by atoms with van der Waals surface area (Å²) in [5.74, 6) is 1.03. The molecule has 1 aromatic rings. The fourth-order valence-electron chi connectivity index (χ4n) is 1.99. The minimum atomic E-state index is 0.560. The van der Waals surface area contributed by atoms with Gasteiger partial charge in [0.05, 0.1) is 0 Å². The number of hydrogen-bond donors (Lipinski definition) is 0. The van der Waals surface area contributed by atoms with Crippen molar-refractivity contribution in [2.24, 2.45) is 5.92 Å². The van der Waals surface area contributed by atoms with Gasteiger partial charge in [-0.1, -0.05) is 65.5 Å². The molecule has 0 amide bonds. The fraction of sp³-hybridized carbons (Fsp3) is 0.538. The first-order valence-electron chi connectivity index (χ1n) is 5.55. The summed E-state index contributed by atoms with van der Waals surface area (Å²) in [5.41, 5.74) is 1.42. The van der Waals surface area contributed by atoms with Crippen LogP contribution in [0.15, 0.2) is 30.3 Å². The predicted octanol–water partition coefficient (Wildman–Crippen LogP) is 4.70. The molecule has 14 heavy (non-hydrogen) atoms. The zero-order valence-corrected chi connectivity index (χ0v) is 10.0. The second kappa shape index (κ2) is 4.97. The Hall–Kier alpha value is -0.300. The minimum absolute atomic E-state index is 0.560. The molecule has 0 nitrogen and oxygen atoms in total. The third-order valence-corrected chi connectivity index (χ3v) is 4.20. The quantitative estimate of drug-likeness (QED) is 0.682. The molecule has 0 saturated heterocycles. The molecule has 0 N–H and O–H groups in total. The molecular weight excluding hydrogens is 236 g/mol. The second-order valence-electron chi connectivity index (χ2n) is 4.25. The first-order chi connectivity index (χ1) is 6.86. The van der Waals surface area contributed by atoms with E-state index in [0.29, 0.717) is 4.83 Å². The SMILES string of the molecule is BrC(CCC1CCC1)c1ccccc1. The highest BCUT2D eigenvalue weighted by Gasteiger charge is 2.18. The van der Waals surface area contributed by atoms with Gasteiger partial charge in [-0.3, -0.25) is 0 Å². The Morgan fingerprint density at radius 2 is 1.93 bits per heavy atom. The summed E-state index contributed by atoms with van der Waals surface area (Å²) < 4.78 is 0. The highest BCUT2D eigenvalue weighted by atomic mass is 79.9. The van der Waals surface area contributed by atoms with Crippen LogP contribution >= 0.6 is 15.9 Å². The van der Waals surface area contributed by atoms with Crippen molar-refractivity contribution < 1.29 is 0 Å². The predicted molar refractivity (Wildman–Crippen MR) is 64.7 cm³/mol. The van der Waals surface area contributed by atoms with Gasteiger partial charge in [0.25, 0.3) is 0 Å².